The van der Waals surface area contributed by atoms with Crippen molar-refractivity contribution in [2.24, 2.45) is 17.6 Å². The van der Waals surface area contributed by atoms with Crippen molar-refractivity contribution in [1.29, 1.82) is 0 Å². The molecule has 1 rings (SSSR count). The summed E-state index contributed by atoms with van der Waals surface area (Å²) in [5, 5.41) is 0. The van der Waals surface area contributed by atoms with Crippen molar-refractivity contribution in [3.05, 3.63) is 0 Å². The van der Waals surface area contributed by atoms with Crippen LogP contribution in [0.25, 0.3) is 0 Å². The molecule has 0 bridgehead atoms. The number of hydrogen-bond donors (Lipinski definition) is 2. The van der Waals surface area contributed by atoms with Gasteiger partial charge in [0.05, 0.1) is 6.61 Å². The van der Waals surface area contributed by atoms with E-state index in [1.54, 1.807) is 0 Å². The van der Waals surface area contributed by atoms with Crippen molar-refractivity contribution in [3.63, 3.8) is 0 Å². The molecule has 0 aromatic heterocycles. The Balaban J connectivity index is 2.16. The summed E-state index contributed by atoms with van der Waals surface area (Å²) in [7, 11) is -2.72. The van der Waals surface area contributed by atoms with E-state index in [4.69, 9.17) is 5.73 Å². The van der Waals surface area contributed by atoms with Gasteiger partial charge in [-0.05, 0) is 18.3 Å². The van der Waals surface area contributed by atoms with Crippen LogP contribution in [0.1, 0.15) is 13.3 Å². The molecule has 0 radical (unpaired) electrons. The molecule has 1 fully saturated rings. The van der Waals surface area contributed by atoms with Crippen LogP contribution in [-0.2, 0) is 15.2 Å². The number of hydrogen-bond acceptors (Lipinski definition) is 4. The molecule has 0 amide bonds. The summed E-state index contributed by atoms with van der Waals surface area (Å²) in [6.45, 7) is 2.23. The number of nitrogens with two attached hydrogens (primary N) is 1. The molecule has 1 aliphatic rings. The van der Waals surface area contributed by atoms with Crippen LogP contribution in [0, 0.1) is 11.8 Å². The summed E-state index contributed by atoms with van der Waals surface area (Å²) in [4.78, 5) is 0. The van der Waals surface area contributed by atoms with Crippen molar-refractivity contribution in [2.75, 3.05) is 6.61 Å². The molecule has 4 nitrogen and oxygen atoms in total. The highest BCUT2D eigenvalue weighted by Crippen LogP contribution is 2.39. The van der Waals surface area contributed by atoms with Gasteiger partial charge >= 0.3 is 0 Å². The lowest BCUT2D eigenvalue weighted by Gasteiger charge is -2.06. The summed E-state index contributed by atoms with van der Waals surface area (Å²) >= 11 is 0. The second-order valence-electron chi connectivity index (χ2n) is 3.06. The second-order valence-corrected chi connectivity index (χ2v) is 3.77. The SMILES string of the molecule is CC1CC1[C@H](N)CO[SH](=O)=O. The minimum Gasteiger partial charge on any atom is -0.325 e. The van der Waals surface area contributed by atoms with Gasteiger partial charge in [-0.2, -0.15) is 0 Å². The van der Waals surface area contributed by atoms with Crippen LogP contribution in [-0.4, -0.2) is 21.1 Å². The van der Waals surface area contributed by atoms with E-state index in [0.717, 1.165) is 6.42 Å². The van der Waals surface area contributed by atoms with Crippen LogP contribution < -0.4 is 5.73 Å². The van der Waals surface area contributed by atoms with Gasteiger partial charge in [0.2, 0.25) is 0 Å². The van der Waals surface area contributed by atoms with Crippen LogP contribution in [0.15, 0.2) is 0 Å². The molecule has 0 aromatic rings. The smallest absolute Gasteiger partial charge is 0.257 e. The van der Waals surface area contributed by atoms with Crippen molar-refractivity contribution < 1.29 is 12.6 Å². The van der Waals surface area contributed by atoms with Gasteiger partial charge in [-0.1, -0.05) is 6.92 Å². The van der Waals surface area contributed by atoms with Gasteiger partial charge in [-0.3, -0.25) is 4.18 Å². The summed E-state index contributed by atoms with van der Waals surface area (Å²) in [5.74, 6) is 1.10. The third-order valence-electron chi connectivity index (χ3n) is 2.09. The first kappa shape index (κ1) is 8.96. The Bertz CT molecular complexity index is 196. The summed E-state index contributed by atoms with van der Waals surface area (Å²) in [6.07, 6.45) is 1.10. The molecule has 0 heterocycles. The fraction of sp³-hybridized carbons (Fsp3) is 1.00. The Kier molecular flexibility index (Phi) is 2.86. The minimum absolute atomic E-state index is 0.113. The standard InChI is InChI=1S/C6H13NO3S/c1-4-2-5(4)6(7)3-10-11(8)9/h4-6,11H,2-3,7H2,1H3/t4?,5?,6-/m1/s1. The monoisotopic (exact) mass is 179 g/mol. The Morgan fingerprint density at radius 1 is 1.73 bits per heavy atom. The highest BCUT2D eigenvalue weighted by atomic mass is 32.2. The van der Waals surface area contributed by atoms with Crippen LogP contribution in [0.2, 0.25) is 0 Å². The zero-order chi connectivity index (χ0) is 8.43. The fourth-order valence-electron chi connectivity index (χ4n) is 1.22. The van der Waals surface area contributed by atoms with Gasteiger partial charge in [0.1, 0.15) is 0 Å². The normalized spacial score (nSPS) is 32.3. The van der Waals surface area contributed by atoms with Crippen LogP contribution in [0.5, 0.6) is 0 Å². The van der Waals surface area contributed by atoms with Crippen molar-refractivity contribution in [2.45, 2.75) is 19.4 Å². The van der Waals surface area contributed by atoms with E-state index in [2.05, 4.69) is 11.1 Å². The highest BCUT2D eigenvalue weighted by molar-refractivity contribution is 7.67. The van der Waals surface area contributed by atoms with Crippen molar-refractivity contribution >= 4 is 11.0 Å². The molecular formula is C6H13NO3S. The third kappa shape index (κ3) is 2.76. The molecular weight excluding hydrogens is 166 g/mol. The van der Waals surface area contributed by atoms with Gasteiger partial charge in [0.15, 0.2) is 0 Å². The molecule has 2 N–H and O–H groups in total. The van der Waals surface area contributed by atoms with E-state index in [-0.39, 0.29) is 12.6 Å². The largest absolute Gasteiger partial charge is 0.325 e. The second kappa shape index (κ2) is 3.51. The van der Waals surface area contributed by atoms with Crippen LogP contribution in [0.4, 0.5) is 0 Å². The van der Waals surface area contributed by atoms with Crippen molar-refractivity contribution in [1.82, 2.24) is 0 Å². The molecule has 0 saturated heterocycles. The molecule has 66 valence electrons. The molecule has 3 atom stereocenters. The zero-order valence-electron chi connectivity index (χ0n) is 6.40. The van der Waals surface area contributed by atoms with Gasteiger partial charge in [-0.15, -0.1) is 0 Å². The summed E-state index contributed by atoms with van der Waals surface area (Å²) < 4.78 is 24.4. The summed E-state index contributed by atoms with van der Waals surface area (Å²) in [5.41, 5.74) is 5.63. The van der Waals surface area contributed by atoms with E-state index in [1.165, 1.54) is 0 Å². The van der Waals surface area contributed by atoms with Gasteiger partial charge in [-0.25, -0.2) is 8.42 Å². The predicted octanol–water partition coefficient (Wildman–Crippen LogP) is -0.487. The average molecular weight is 179 g/mol. The maximum absolute atomic E-state index is 9.99. The van der Waals surface area contributed by atoms with E-state index < -0.39 is 11.0 Å². The minimum atomic E-state index is -2.72. The first-order valence-corrected chi connectivity index (χ1v) is 4.73. The molecule has 1 saturated carbocycles. The molecule has 2 unspecified atom stereocenters. The van der Waals surface area contributed by atoms with E-state index in [1.807, 2.05) is 0 Å². The Morgan fingerprint density at radius 2 is 2.27 bits per heavy atom. The lowest BCUT2D eigenvalue weighted by atomic mass is 10.2. The Labute approximate surface area is 67.9 Å². The lowest BCUT2D eigenvalue weighted by Crippen LogP contribution is -2.28. The molecule has 1 aliphatic carbocycles. The van der Waals surface area contributed by atoms with E-state index in [0.29, 0.717) is 11.8 Å². The maximum Gasteiger partial charge on any atom is 0.257 e. The van der Waals surface area contributed by atoms with Gasteiger partial charge < -0.3 is 5.73 Å². The molecule has 0 aromatic carbocycles. The van der Waals surface area contributed by atoms with Gasteiger partial charge in [0.25, 0.3) is 11.0 Å². The zero-order valence-corrected chi connectivity index (χ0v) is 7.29. The van der Waals surface area contributed by atoms with Gasteiger partial charge in [0, 0.05) is 6.04 Å². The first-order chi connectivity index (χ1) is 5.11. The van der Waals surface area contributed by atoms with Crippen LogP contribution in [0.3, 0.4) is 0 Å². The predicted molar refractivity (Wildman–Crippen MR) is 41.5 cm³/mol. The fourth-order valence-corrected chi connectivity index (χ4v) is 1.51. The Hall–Kier alpha value is -0.130. The number of thiol groups is 1. The highest BCUT2D eigenvalue weighted by Gasteiger charge is 2.37. The molecule has 5 heteroatoms. The topological polar surface area (TPSA) is 69.4 Å². The third-order valence-corrected chi connectivity index (χ3v) is 2.45. The first-order valence-electron chi connectivity index (χ1n) is 3.64. The Morgan fingerprint density at radius 3 is 2.64 bits per heavy atom. The average Bonchev–Trinajstić information content (AvgIpc) is 2.61. The quantitative estimate of drug-likeness (QED) is 0.571. The maximum atomic E-state index is 9.99. The number of rotatable bonds is 4. The van der Waals surface area contributed by atoms with E-state index >= 15 is 0 Å². The van der Waals surface area contributed by atoms with E-state index in [9.17, 15) is 8.42 Å². The molecule has 0 aliphatic heterocycles. The molecule has 11 heavy (non-hydrogen) atoms. The van der Waals surface area contributed by atoms with Crippen molar-refractivity contribution in [3.8, 4) is 0 Å². The van der Waals surface area contributed by atoms with Crippen LogP contribution >= 0.6 is 0 Å². The molecule has 0 spiro atoms. The lowest BCUT2D eigenvalue weighted by molar-refractivity contribution is 0.287. The summed E-state index contributed by atoms with van der Waals surface area (Å²) in [6, 6.07) is -0.113.